The van der Waals surface area contributed by atoms with Gasteiger partial charge in [-0.15, -0.1) is 0 Å². The van der Waals surface area contributed by atoms with Crippen molar-refractivity contribution in [2.24, 2.45) is 11.8 Å². The van der Waals surface area contributed by atoms with E-state index < -0.39 is 0 Å². The zero-order valence-corrected chi connectivity index (χ0v) is 8.97. The Balaban J connectivity index is 1.74. The van der Waals surface area contributed by atoms with Crippen LogP contribution in [0.25, 0.3) is 0 Å². The minimum absolute atomic E-state index is 0.866. The maximum Gasteiger partial charge on any atom is 0.00991 e. The van der Waals surface area contributed by atoms with Crippen LogP contribution in [0.15, 0.2) is 0 Å². The second-order valence-corrected chi connectivity index (χ2v) is 5.31. The van der Waals surface area contributed by atoms with E-state index in [0.717, 1.165) is 23.9 Å². The first kappa shape index (κ1) is 9.17. The fourth-order valence-electron chi connectivity index (χ4n) is 3.97. The lowest BCUT2D eigenvalue weighted by Gasteiger charge is -2.48. The molecule has 0 amide bonds. The average Bonchev–Trinajstić information content (AvgIpc) is 2.29. The van der Waals surface area contributed by atoms with Gasteiger partial charge in [0.25, 0.3) is 0 Å². The van der Waals surface area contributed by atoms with Crippen molar-refractivity contribution in [2.75, 3.05) is 13.1 Å². The van der Waals surface area contributed by atoms with Crippen LogP contribution in [-0.4, -0.2) is 25.2 Å². The van der Waals surface area contributed by atoms with Gasteiger partial charge in [-0.3, -0.25) is 0 Å². The molecule has 2 aliphatic heterocycles. The fourth-order valence-corrected chi connectivity index (χ4v) is 3.97. The van der Waals surface area contributed by atoms with E-state index in [2.05, 4.69) is 10.6 Å². The maximum absolute atomic E-state index is 3.73. The van der Waals surface area contributed by atoms with E-state index in [0.29, 0.717) is 0 Å². The van der Waals surface area contributed by atoms with E-state index in [-0.39, 0.29) is 0 Å². The Morgan fingerprint density at radius 2 is 1.14 bits per heavy atom. The van der Waals surface area contributed by atoms with Crippen molar-refractivity contribution in [1.29, 1.82) is 0 Å². The topological polar surface area (TPSA) is 24.1 Å². The van der Waals surface area contributed by atoms with Crippen molar-refractivity contribution in [2.45, 2.75) is 50.6 Å². The van der Waals surface area contributed by atoms with Crippen LogP contribution < -0.4 is 10.6 Å². The van der Waals surface area contributed by atoms with Gasteiger partial charge in [0, 0.05) is 12.1 Å². The van der Waals surface area contributed by atoms with Gasteiger partial charge in [0.05, 0.1) is 0 Å². The minimum Gasteiger partial charge on any atom is -0.314 e. The Labute approximate surface area is 86.8 Å². The first-order valence-electron chi connectivity index (χ1n) is 6.42. The fraction of sp³-hybridized carbons (Fsp3) is 1.00. The number of fused-ring (bicyclic) bond motifs is 3. The highest BCUT2D eigenvalue weighted by Gasteiger charge is 2.40. The summed E-state index contributed by atoms with van der Waals surface area (Å²) in [5.41, 5.74) is 0. The molecule has 3 rings (SSSR count). The third kappa shape index (κ3) is 1.49. The lowest BCUT2D eigenvalue weighted by molar-refractivity contribution is 0.0790. The molecule has 1 saturated carbocycles. The van der Waals surface area contributed by atoms with Gasteiger partial charge in [0.15, 0.2) is 0 Å². The SMILES string of the molecule is C1CN[C@H]2CC[C@H]3NCCC[C@@H]3[C@H]2C1. The molecule has 0 aromatic heterocycles. The van der Waals surface area contributed by atoms with E-state index in [4.69, 9.17) is 0 Å². The van der Waals surface area contributed by atoms with Gasteiger partial charge in [-0.1, -0.05) is 0 Å². The monoisotopic (exact) mass is 194 g/mol. The lowest BCUT2D eigenvalue weighted by atomic mass is 9.67. The molecule has 0 unspecified atom stereocenters. The minimum atomic E-state index is 0.866. The predicted octanol–water partition coefficient (Wildman–Crippen LogP) is 1.52. The third-order valence-corrected chi connectivity index (χ3v) is 4.61. The lowest BCUT2D eigenvalue weighted by Crippen LogP contribution is -2.56. The van der Waals surface area contributed by atoms with Crippen molar-refractivity contribution in [3.8, 4) is 0 Å². The smallest absolute Gasteiger partial charge is 0.00991 e. The molecule has 2 N–H and O–H groups in total. The highest BCUT2D eigenvalue weighted by atomic mass is 15.0. The average molecular weight is 194 g/mol. The maximum atomic E-state index is 3.73. The molecule has 3 aliphatic rings. The second-order valence-electron chi connectivity index (χ2n) is 5.31. The highest BCUT2D eigenvalue weighted by Crippen LogP contribution is 2.39. The van der Waals surface area contributed by atoms with E-state index >= 15 is 0 Å². The highest BCUT2D eigenvalue weighted by molar-refractivity contribution is 4.97. The van der Waals surface area contributed by atoms with Gasteiger partial charge in [-0.05, 0) is 63.5 Å². The van der Waals surface area contributed by atoms with E-state index in [1.54, 1.807) is 0 Å². The normalized spacial score (nSPS) is 48.0. The van der Waals surface area contributed by atoms with Crippen LogP contribution in [-0.2, 0) is 0 Å². The first-order chi connectivity index (χ1) is 6.95. The summed E-state index contributed by atoms with van der Waals surface area (Å²) in [6, 6.07) is 1.73. The molecular weight excluding hydrogens is 172 g/mol. The molecular formula is C12H22N2. The molecule has 1 aliphatic carbocycles. The number of rotatable bonds is 0. The second kappa shape index (κ2) is 3.82. The molecule has 4 atom stereocenters. The molecule has 0 radical (unpaired) electrons. The van der Waals surface area contributed by atoms with Gasteiger partial charge in [0.2, 0.25) is 0 Å². The number of nitrogens with one attached hydrogen (secondary N) is 2. The zero-order valence-electron chi connectivity index (χ0n) is 8.97. The standard InChI is InChI=1S/C12H22N2/c1-3-9-10-4-2-8-14-12(10)6-5-11(9)13-7-1/h9-14H,1-8H2/t9-,10-,11-,12+/m1/s1. The van der Waals surface area contributed by atoms with Crippen LogP contribution in [0.2, 0.25) is 0 Å². The molecule has 0 bridgehead atoms. The Kier molecular flexibility index (Phi) is 2.50. The first-order valence-corrected chi connectivity index (χ1v) is 6.42. The molecule has 0 aromatic rings. The van der Waals surface area contributed by atoms with Gasteiger partial charge in [-0.2, -0.15) is 0 Å². The summed E-state index contributed by atoms with van der Waals surface area (Å²) in [6.45, 7) is 2.54. The summed E-state index contributed by atoms with van der Waals surface area (Å²) in [7, 11) is 0. The van der Waals surface area contributed by atoms with E-state index in [1.807, 2.05) is 0 Å². The largest absolute Gasteiger partial charge is 0.314 e. The molecule has 80 valence electrons. The third-order valence-electron chi connectivity index (χ3n) is 4.61. The molecule has 0 spiro atoms. The van der Waals surface area contributed by atoms with Gasteiger partial charge < -0.3 is 10.6 Å². The molecule has 2 nitrogen and oxygen atoms in total. The molecule has 2 saturated heterocycles. The zero-order chi connectivity index (χ0) is 9.38. The van der Waals surface area contributed by atoms with Gasteiger partial charge in [0.1, 0.15) is 0 Å². The Morgan fingerprint density at radius 3 is 1.64 bits per heavy atom. The molecule has 0 aromatic carbocycles. The molecule has 14 heavy (non-hydrogen) atoms. The van der Waals surface area contributed by atoms with Crippen LogP contribution in [0.5, 0.6) is 0 Å². The van der Waals surface area contributed by atoms with Gasteiger partial charge in [-0.25, -0.2) is 0 Å². The Morgan fingerprint density at radius 1 is 0.643 bits per heavy atom. The van der Waals surface area contributed by atoms with Crippen molar-refractivity contribution < 1.29 is 0 Å². The van der Waals surface area contributed by atoms with Crippen molar-refractivity contribution >= 4 is 0 Å². The summed E-state index contributed by atoms with van der Waals surface area (Å²) < 4.78 is 0. The van der Waals surface area contributed by atoms with E-state index in [1.165, 1.54) is 51.6 Å². The Hall–Kier alpha value is -0.0800. The number of hydrogen-bond donors (Lipinski definition) is 2. The van der Waals surface area contributed by atoms with Crippen molar-refractivity contribution in [1.82, 2.24) is 10.6 Å². The van der Waals surface area contributed by atoms with Crippen LogP contribution >= 0.6 is 0 Å². The number of piperidine rings is 2. The summed E-state index contributed by atoms with van der Waals surface area (Å²) >= 11 is 0. The molecule has 2 heterocycles. The van der Waals surface area contributed by atoms with Gasteiger partial charge >= 0.3 is 0 Å². The molecule has 3 fully saturated rings. The summed E-state index contributed by atoms with van der Waals surface area (Å²) in [5.74, 6) is 1.99. The predicted molar refractivity (Wildman–Crippen MR) is 58.3 cm³/mol. The summed E-state index contributed by atoms with van der Waals surface area (Å²) in [5, 5.41) is 7.45. The quantitative estimate of drug-likeness (QED) is 0.611. The Bertz CT molecular complexity index is 182. The van der Waals surface area contributed by atoms with Crippen LogP contribution in [0.4, 0.5) is 0 Å². The van der Waals surface area contributed by atoms with Crippen LogP contribution in [0.3, 0.4) is 0 Å². The van der Waals surface area contributed by atoms with Crippen molar-refractivity contribution in [3.05, 3.63) is 0 Å². The van der Waals surface area contributed by atoms with Crippen LogP contribution in [0.1, 0.15) is 38.5 Å². The number of hydrogen-bond acceptors (Lipinski definition) is 2. The van der Waals surface area contributed by atoms with Crippen molar-refractivity contribution in [3.63, 3.8) is 0 Å². The van der Waals surface area contributed by atoms with E-state index in [9.17, 15) is 0 Å². The van der Waals surface area contributed by atoms with Crippen LogP contribution in [0, 0.1) is 11.8 Å². The summed E-state index contributed by atoms with van der Waals surface area (Å²) in [6.07, 6.45) is 8.62. The molecule has 2 heteroatoms. The summed E-state index contributed by atoms with van der Waals surface area (Å²) in [4.78, 5) is 0.